The SMILES string of the molecule is Cc1cc(Oc2ccc(C(=N)N)c(C)c2)ccc1F. The Balaban J connectivity index is 2.26. The van der Waals surface area contributed by atoms with E-state index in [1.54, 1.807) is 37.3 Å². The number of halogens is 1. The molecule has 3 nitrogen and oxygen atoms in total. The number of rotatable bonds is 3. The summed E-state index contributed by atoms with van der Waals surface area (Å²) in [6.07, 6.45) is 0. The van der Waals surface area contributed by atoms with Crippen LogP contribution in [0.15, 0.2) is 36.4 Å². The predicted octanol–water partition coefficient (Wildman–Crippen LogP) is 3.52. The Morgan fingerprint density at radius 1 is 1.05 bits per heavy atom. The van der Waals surface area contributed by atoms with Crippen molar-refractivity contribution in [2.45, 2.75) is 13.8 Å². The van der Waals surface area contributed by atoms with Crippen LogP contribution < -0.4 is 10.5 Å². The molecule has 2 aromatic rings. The molecule has 0 radical (unpaired) electrons. The molecule has 0 saturated heterocycles. The molecule has 4 heteroatoms. The van der Waals surface area contributed by atoms with E-state index in [1.807, 2.05) is 6.92 Å². The number of nitrogens with one attached hydrogen (secondary N) is 1. The molecule has 3 N–H and O–H groups in total. The van der Waals surface area contributed by atoms with Crippen molar-refractivity contribution in [2.24, 2.45) is 5.73 Å². The van der Waals surface area contributed by atoms with Crippen LogP contribution in [0.3, 0.4) is 0 Å². The van der Waals surface area contributed by atoms with Crippen LogP contribution in [0.2, 0.25) is 0 Å². The molecule has 0 spiro atoms. The van der Waals surface area contributed by atoms with Gasteiger partial charge in [0.2, 0.25) is 0 Å². The van der Waals surface area contributed by atoms with Crippen molar-refractivity contribution in [3.05, 3.63) is 58.9 Å². The van der Waals surface area contributed by atoms with Gasteiger partial charge in [-0.3, -0.25) is 5.41 Å². The Morgan fingerprint density at radius 2 is 1.63 bits per heavy atom. The van der Waals surface area contributed by atoms with Crippen molar-refractivity contribution in [3.63, 3.8) is 0 Å². The summed E-state index contributed by atoms with van der Waals surface area (Å²) < 4.78 is 18.8. The standard InChI is InChI=1S/C15H15FN2O/c1-9-7-11(3-5-13(9)15(17)18)19-12-4-6-14(16)10(2)8-12/h3-8H,1-2H3,(H3,17,18). The summed E-state index contributed by atoms with van der Waals surface area (Å²) in [4.78, 5) is 0. The Hall–Kier alpha value is -2.36. The van der Waals surface area contributed by atoms with E-state index < -0.39 is 0 Å². The number of aryl methyl sites for hydroxylation is 2. The molecule has 0 atom stereocenters. The molecule has 0 aromatic heterocycles. The fourth-order valence-corrected chi connectivity index (χ4v) is 1.82. The normalized spacial score (nSPS) is 10.3. The van der Waals surface area contributed by atoms with Crippen LogP contribution >= 0.6 is 0 Å². The van der Waals surface area contributed by atoms with Crippen LogP contribution in [0.4, 0.5) is 4.39 Å². The first-order valence-corrected chi connectivity index (χ1v) is 5.86. The van der Waals surface area contributed by atoms with Gasteiger partial charge >= 0.3 is 0 Å². The van der Waals surface area contributed by atoms with Crippen LogP contribution in [-0.4, -0.2) is 5.84 Å². The lowest BCUT2D eigenvalue weighted by molar-refractivity contribution is 0.479. The van der Waals surface area contributed by atoms with E-state index in [-0.39, 0.29) is 11.7 Å². The second-order valence-corrected chi connectivity index (χ2v) is 4.40. The number of ether oxygens (including phenoxy) is 1. The minimum atomic E-state index is -0.254. The molecule has 0 heterocycles. The lowest BCUT2D eigenvalue weighted by atomic mass is 10.1. The summed E-state index contributed by atoms with van der Waals surface area (Å²) in [7, 11) is 0. The van der Waals surface area contributed by atoms with Crippen LogP contribution in [0, 0.1) is 25.1 Å². The highest BCUT2D eigenvalue weighted by Crippen LogP contribution is 2.25. The van der Waals surface area contributed by atoms with E-state index in [2.05, 4.69) is 0 Å². The smallest absolute Gasteiger partial charge is 0.127 e. The molecule has 0 aliphatic heterocycles. The molecule has 0 bridgehead atoms. The average molecular weight is 258 g/mol. The molecule has 0 fully saturated rings. The van der Waals surface area contributed by atoms with Gasteiger partial charge < -0.3 is 10.5 Å². The Bertz CT molecular complexity index is 638. The summed E-state index contributed by atoms with van der Waals surface area (Å²) in [5, 5.41) is 7.41. The number of nitrogens with two attached hydrogens (primary N) is 1. The third-order valence-corrected chi connectivity index (χ3v) is 2.85. The largest absolute Gasteiger partial charge is 0.457 e. The lowest BCUT2D eigenvalue weighted by Crippen LogP contribution is -2.12. The summed E-state index contributed by atoms with van der Waals surface area (Å²) in [5.41, 5.74) is 7.54. The van der Waals surface area contributed by atoms with Crippen molar-refractivity contribution in [1.29, 1.82) is 5.41 Å². The monoisotopic (exact) mass is 258 g/mol. The van der Waals surface area contributed by atoms with Crippen molar-refractivity contribution in [2.75, 3.05) is 0 Å². The van der Waals surface area contributed by atoms with Gasteiger partial charge in [0.05, 0.1) is 0 Å². The van der Waals surface area contributed by atoms with Crippen LogP contribution in [0.25, 0.3) is 0 Å². The zero-order valence-corrected chi connectivity index (χ0v) is 10.8. The number of amidine groups is 1. The molecule has 2 rings (SSSR count). The van der Waals surface area contributed by atoms with E-state index in [0.29, 0.717) is 22.6 Å². The van der Waals surface area contributed by atoms with Gasteiger partial charge in [-0.2, -0.15) is 0 Å². The number of benzene rings is 2. The van der Waals surface area contributed by atoms with Crippen molar-refractivity contribution in [3.8, 4) is 11.5 Å². The Morgan fingerprint density at radius 3 is 2.16 bits per heavy atom. The molecular formula is C15H15FN2O. The molecule has 0 aliphatic carbocycles. The van der Waals surface area contributed by atoms with Gasteiger partial charge in [-0.15, -0.1) is 0 Å². The lowest BCUT2D eigenvalue weighted by Gasteiger charge is -2.09. The maximum Gasteiger partial charge on any atom is 0.127 e. The van der Waals surface area contributed by atoms with Gasteiger partial charge in [-0.1, -0.05) is 0 Å². The summed E-state index contributed by atoms with van der Waals surface area (Å²) in [5.74, 6) is 0.986. The van der Waals surface area contributed by atoms with Crippen molar-refractivity contribution >= 4 is 5.84 Å². The second-order valence-electron chi connectivity index (χ2n) is 4.40. The van der Waals surface area contributed by atoms with E-state index in [4.69, 9.17) is 15.9 Å². The maximum absolute atomic E-state index is 13.2. The molecular weight excluding hydrogens is 243 g/mol. The van der Waals surface area contributed by atoms with Crippen molar-refractivity contribution in [1.82, 2.24) is 0 Å². The quantitative estimate of drug-likeness (QED) is 0.653. The number of hydrogen-bond acceptors (Lipinski definition) is 2. The molecule has 0 saturated carbocycles. The Labute approximate surface area is 111 Å². The van der Waals surface area contributed by atoms with Gasteiger partial charge in [0, 0.05) is 5.56 Å². The summed E-state index contributed by atoms with van der Waals surface area (Å²) in [6, 6.07) is 9.88. The average Bonchev–Trinajstić information content (AvgIpc) is 2.33. The van der Waals surface area contributed by atoms with E-state index in [9.17, 15) is 4.39 Å². The highest BCUT2D eigenvalue weighted by Gasteiger charge is 2.05. The minimum absolute atomic E-state index is 0.0293. The molecule has 19 heavy (non-hydrogen) atoms. The first-order chi connectivity index (χ1) is 8.97. The number of nitrogen functional groups attached to an aromatic ring is 1. The third-order valence-electron chi connectivity index (χ3n) is 2.85. The van der Waals surface area contributed by atoms with Gasteiger partial charge in [-0.05, 0) is 61.4 Å². The predicted molar refractivity (Wildman–Crippen MR) is 73.4 cm³/mol. The molecule has 0 unspecified atom stereocenters. The zero-order valence-electron chi connectivity index (χ0n) is 10.8. The Kier molecular flexibility index (Phi) is 3.51. The highest BCUT2D eigenvalue weighted by atomic mass is 19.1. The van der Waals surface area contributed by atoms with E-state index in [1.165, 1.54) is 6.07 Å². The first-order valence-electron chi connectivity index (χ1n) is 5.86. The molecule has 0 aliphatic rings. The zero-order chi connectivity index (χ0) is 14.0. The topological polar surface area (TPSA) is 59.1 Å². The minimum Gasteiger partial charge on any atom is -0.457 e. The third kappa shape index (κ3) is 2.91. The highest BCUT2D eigenvalue weighted by molar-refractivity contribution is 5.96. The number of hydrogen-bond donors (Lipinski definition) is 2. The molecule has 2 aromatic carbocycles. The fourth-order valence-electron chi connectivity index (χ4n) is 1.82. The fraction of sp³-hybridized carbons (Fsp3) is 0.133. The maximum atomic E-state index is 13.2. The van der Waals surface area contributed by atoms with Gasteiger partial charge in [0.15, 0.2) is 0 Å². The van der Waals surface area contributed by atoms with Crippen LogP contribution in [-0.2, 0) is 0 Å². The van der Waals surface area contributed by atoms with Crippen molar-refractivity contribution < 1.29 is 9.13 Å². The van der Waals surface area contributed by atoms with Crippen LogP contribution in [0.1, 0.15) is 16.7 Å². The molecule has 0 amide bonds. The summed E-state index contributed by atoms with van der Waals surface area (Å²) in [6.45, 7) is 3.55. The first kappa shape index (κ1) is 13.1. The summed E-state index contributed by atoms with van der Waals surface area (Å²) >= 11 is 0. The van der Waals surface area contributed by atoms with Gasteiger partial charge in [-0.25, -0.2) is 4.39 Å². The second kappa shape index (κ2) is 5.10. The van der Waals surface area contributed by atoms with Crippen LogP contribution in [0.5, 0.6) is 11.5 Å². The van der Waals surface area contributed by atoms with Gasteiger partial charge in [0.1, 0.15) is 23.2 Å². The van der Waals surface area contributed by atoms with Gasteiger partial charge in [0.25, 0.3) is 0 Å². The van der Waals surface area contributed by atoms with E-state index >= 15 is 0 Å². The van der Waals surface area contributed by atoms with E-state index in [0.717, 1.165) is 5.56 Å². The molecule has 98 valence electrons.